The van der Waals surface area contributed by atoms with E-state index in [2.05, 4.69) is 32.0 Å². The van der Waals surface area contributed by atoms with E-state index in [1.165, 1.54) is 16.7 Å². The second kappa shape index (κ2) is 9.19. The Bertz CT molecular complexity index is 735. The van der Waals surface area contributed by atoms with Gasteiger partial charge < -0.3 is 19.4 Å². The summed E-state index contributed by atoms with van der Waals surface area (Å²) in [6.45, 7) is 7.78. The predicted octanol–water partition coefficient (Wildman–Crippen LogP) is 0.766. The van der Waals surface area contributed by atoms with Gasteiger partial charge in [-0.25, -0.2) is 0 Å². The number of hydrogen-bond acceptors (Lipinski definition) is 4. The van der Waals surface area contributed by atoms with Gasteiger partial charge in [-0.05, 0) is 31.4 Å². The fourth-order valence-corrected chi connectivity index (χ4v) is 3.72. The van der Waals surface area contributed by atoms with Gasteiger partial charge in [0.05, 0.1) is 13.2 Å². The molecule has 3 rings (SSSR count). The molecule has 0 aromatic heterocycles. The zero-order valence-corrected chi connectivity index (χ0v) is 16.8. The summed E-state index contributed by atoms with van der Waals surface area (Å²) >= 11 is 0. The highest BCUT2D eigenvalue weighted by Gasteiger charge is 2.31. The van der Waals surface area contributed by atoms with Crippen molar-refractivity contribution in [3.05, 3.63) is 34.9 Å². The average molecular weight is 387 g/mol. The van der Waals surface area contributed by atoms with Crippen molar-refractivity contribution in [1.29, 1.82) is 0 Å². The van der Waals surface area contributed by atoms with Gasteiger partial charge in [-0.3, -0.25) is 14.4 Å². The molecule has 1 aromatic carbocycles. The molecule has 0 saturated carbocycles. The van der Waals surface area contributed by atoms with Crippen LogP contribution in [0, 0.1) is 13.8 Å². The minimum atomic E-state index is -0.468. The first kappa shape index (κ1) is 20.3. The second-order valence-corrected chi connectivity index (χ2v) is 7.51. The van der Waals surface area contributed by atoms with Crippen LogP contribution in [-0.2, 0) is 25.5 Å². The molecule has 0 radical (unpaired) electrons. The number of amides is 3. The summed E-state index contributed by atoms with van der Waals surface area (Å²) in [6.07, 6.45) is 1.18. The highest BCUT2D eigenvalue weighted by Crippen LogP contribution is 2.14. The van der Waals surface area contributed by atoms with Crippen molar-refractivity contribution < 1.29 is 19.1 Å². The maximum Gasteiger partial charge on any atom is 0.312 e. The first-order valence-corrected chi connectivity index (χ1v) is 9.95. The standard InChI is InChI=1S/C21H29N3O4/c1-16-3-4-18(17(2)15-16)5-6-19(25)22-7-9-23(10-8-22)20(26)21(27)24-11-13-28-14-12-24/h3-4,15H,5-14H2,1-2H3. The van der Waals surface area contributed by atoms with E-state index in [0.717, 1.165) is 6.42 Å². The maximum absolute atomic E-state index is 12.5. The fourth-order valence-electron chi connectivity index (χ4n) is 3.72. The van der Waals surface area contributed by atoms with Gasteiger partial charge in [0.25, 0.3) is 0 Å². The third kappa shape index (κ3) is 4.90. The fraction of sp³-hybridized carbons (Fsp3) is 0.571. The average Bonchev–Trinajstić information content (AvgIpc) is 2.72. The Labute approximate surface area is 166 Å². The Morgan fingerprint density at radius 2 is 1.43 bits per heavy atom. The molecule has 0 aliphatic carbocycles. The lowest BCUT2D eigenvalue weighted by molar-refractivity contribution is -0.155. The lowest BCUT2D eigenvalue weighted by Crippen LogP contribution is -2.55. The van der Waals surface area contributed by atoms with Crippen LogP contribution in [0.5, 0.6) is 0 Å². The highest BCUT2D eigenvalue weighted by molar-refractivity contribution is 6.34. The molecule has 7 nitrogen and oxygen atoms in total. The number of carbonyl (C=O) groups excluding carboxylic acids is 3. The van der Waals surface area contributed by atoms with Crippen LogP contribution >= 0.6 is 0 Å². The van der Waals surface area contributed by atoms with Crippen LogP contribution in [0.4, 0.5) is 0 Å². The number of morpholine rings is 1. The van der Waals surface area contributed by atoms with Gasteiger partial charge in [0.2, 0.25) is 5.91 Å². The molecule has 28 heavy (non-hydrogen) atoms. The van der Waals surface area contributed by atoms with Gasteiger partial charge in [0.15, 0.2) is 0 Å². The van der Waals surface area contributed by atoms with Crippen LogP contribution in [0.3, 0.4) is 0 Å². The van der Waals surface area contributed by atoms with Gasteiger partial charge in [-0.2, -0.15) is 0 Å². The zero-order chi connectivity index (χ0) is 20.1. The van der Waals surface area contributed by atoms with E-state index in [1.807, 2.05) is 0 Å². The summed E-state index contributed by atoms with van der Waals surface area (Å²) in [4.78, 5) is 42.2. The molecule has 2 fully saturated rings. The van der Waals surface area contributed by atoms with Crippen molar-refractivity contribution >= 4 is 17.7 Å². The molecule has 152 valence electrons. The normalized spacial score (nSPS) is 17.6. The molecule has 0 bridgehead atoms. The molecular formula is C21H29N3O4. The molecule has 3 amide bonds. The molecule has 0 unspecified atom stereocenters. The summed E-state index contributed by atoms with van der Waals surface area (Å²) in [5.41, 5.74) is 3.63. The van der Waals surface area contributed by atoms with Crippen LogP contribution < -0.4 is 0 Å². The van der Waals surface area contributed by atoms with E-state index in [1.54, 1.807) is 14.7 Å². The van der Waals surface area contributed by atoms with E-state index < -0.39 is 11.8 Å². The maximum atomic E-state index is 12.5. The minimum absolute atomic E-state index is 0.103. The van der Waals surface area contributed by atoms with Crippen LogP contribution in [0.15, 0.2) is 18.2 Å². The van der Waals surface area contributed by atoms with Gasteiger partial charge >= 0.3 is 11.8 Å². The summed E-state index contributed by atoms with van der Waals surface area (Å²) in [5, 5.41) is 0. The molecule has 0 atom stereocenters. The third-order valence-corrected chi connectivity index (χ3v) is 5.51. The third-order valence-electron chi connectivity index (χ3n) is 5.51. The molecule has 0 spiro atoms. The SMILES string of the molecule is Cc1ccc(CCC(=O)N2CCN(C(=O)C(=O)N3CCOCC3)CC2)c(C)c1. The Balaban J connectivity index is 1.45. The number of carbonyl (C=O) groups is 3. The smallest absolute Gasteiger partial charge is 0.312 e. The second-order valence-electron chi connectivity index (χ2n) is 7.51. The topological polar surface area (TPSA) is 70.2 Å². The van der Waals surface area contributed by atoms with Crippen molar-refractivity contribution in [2.24, 2.45) is 0 Å². The predicted molar refractivity (Wildman–Crippen MR) is 105 cm³/mol. The first-order chi connectivity index (χ1) is 13.5. The Kier molecular flexibility index (Phi) is 6.67. The van der Waals surface area contributed by atoms with Gasteiger partial charge in [0.1, 0.15) is 0 Å². The van der Waals surface area contributed by atoms with Crippen molar-refractivity contribution in [2.75, 3.05) is 52.5 Å². The molecule has 2 heterocycles. The Hall–Kier alpha value is -2.41. The lowest BCUT2D eigenvalue weighted by atomic mass is 10.0. The monoisotopic (exact) mass is 387 g/mol. The molecule has 2 saturated heterocycles. The largest absolute Gasteiger partial charge is 0.378 e. The van der Waals surface area contributed by atoms with Crippen LogP contribution in [0.25, 0.3) is 0 Å². The molecule has 1 aromatic rings. The lowest BCUT2D eigenvalue weighted by Gasteiger charge is -2.36. The van der Waals surface area contributed by atoms with Crippen molar-refractivity contribution in [3.8, 4) is 0 Å². The van der Waals surface area contributed by atoms with Crippen molar-refractivity contribution in [2.45, 2.75) is 26.7 Å². The van der Waals surface area contributed by atoms with E-state index in [-0.39, 0.29) is 5.91 Å². The molecular weight excluding hydrogens is 358 g/mol. The van der Waals surface area contributed by atoms with Crippen molar-refractivity contribution in [1.82, 2.24) is 14.7 Å². The number of nitrogens with zero attached hydrogens (tertiary/aromatic N) is 3. The number of rotatable bonds is 3. The number of aryl methyl sites for hydroxylation is 3. The van der Waals surface area contributed by atoms with E-state index in [4.69, 9.17) is 4.74 Å². The van der Waals surface area contributed by atoms with Crippen LogP contribution in [0.2, 0.25) is 0 Å². The Morgan fingerprint density at radius 1 is 0.857 bits per heavy atom. The molecule has 0 N–H and O–H groups in total. The van der Waals surface area contributed by atoms with Crippen LogP contribution in [-0.4, -0.2) is 84.9 Å². The van der Waals surface area contributed by atoms with E-state index in [9.17, 15) is 14.4 Å². The highest BCUT2D eigenvalue weighted by atomic mass is 16.5. The molecule has 7 heteroatoms. The van der Waals surface area contributed by atoms with Crippen LogP contribution in [0.1, 0.15) is 23.1 Å². The summed E-state index contributed by atoms with van der Waals surface area (Å²) in [7, 11) is 0. The minimum Gasteiger partial charge on any atom is -0.378 e. The summed E-state index contributed by atoms with van der Waals surface area (Å²) in [5.74, 6) is -0.825. The van der Waals surface area contributed by atoms with Crippen molar-refractivity contribution in [3.63, 3.8) is 0 Å². The van der Waals surface area contributed by atoms with Gasteiger partial charge in [-0.15, -0.1) is 0 Å². The number of piperazine rings is 1. The number of benzene rings is 1. The molecule has 2 aliphatic heterocycles. The van der Waals surface area contributed by atoms with E-state index in [0.29, 0.717) is 58.9 Å². The number of ether oxygens (including phenoxy) is 1. The zero-order valence-electron chi connectivity index (χ0n) is 16.8. The first-order valence-electron chi connectivity index (χ1n) is 9.95. The summed E-state index contributed by atoms with van der Waals surface area (Å²) < 4.78 is 5.22. The van der Waals surface area contributed by atoms with E-state index >= 15 is 0 Å². The Morgan fingerprint density at radius 3 is 2.04 bits per heavy atom. The summed E-state index contributed by atoms with van der Waals surface area (Å²) in [6, 6.07) is 6.30. The van der Waals surface area contributed by atoms with Gasteiger partial charge in [0, 0.05) is 45.7 Å². The number of hydrogen-bond donors (Lipinski definition) is 0. The van der Waals surface area contributed by atoms with Gasteiger partial charge in [-0.1, -0.05) is 23.8 Å². The molecule has 2 aliphatic rings. The quantitative estimate of drug-likeness (QED) is 0.719.